The van der Waals surface area contributed by atoms with E-state index < -0.39 is 17.8 Å². The van der Waals surface area contributed by atoms with Crippen LogP contribution in [0.25, 0.3) is 10.6 Å². The van der Waals surface area contributed by atoms with Crippen molar-refractivity contribution in [2.24, 2.45) is 0 Å². The zero-order valence-electron chi connectivity index (χ0n) is 13.2. The summed E-state index contributed by atoms with van der Waals surface area (Å²) < 4.78 is 37.6. The number of amides is 2. The number of aromatic nitrogens is 2. The first-order chi connectivity index (χ1) is 12.4. The Labute approximate surface area is 150 Å². The van der Waals surface area contributed by atoms with Gasteiger partial charge in [-0.05, 0) is 35.7 Å². The van der Waals surface area contributed by atoms with E-state index in [1.54, 1.807) is 6.20 Å². The van der Waals surface area contributed by atoms with Crippen molar-refractivity contribution in [3.05, 3.63) is 65.4 Å². The van der Waals surface area contributed by atoms with E-state index in [1.807, 2.05) is 17.5 Å². The molecule has 3 aromatic rings. The number of nitrogens with one attached hydrogen (secondary N) is 2. The first kappa shape index (κ1) is 17.9. The number of benzene rings is 1. The van der Waals surface area contributed by atoms with Gasteiger partial charge >= 0.3 is 12.2 Å². The summed E-state index contributed by atoms with van der Waals surface area (Å²) in [5.74, 6) is 0. The molecular weight excluding hydrogens is 365 g/mol. The highest BCUT2D eigenvalue weighted by atomic mass is 32.1. The van der Waals surface area contributed by atoms with Gasteiger partial charge in [-0.25, -0.2) is 4.79 Å². The minimum atomic E-state index is -4.41. The predicted molar refractivity (Wildman–Crippen MR) is 92.6 cm³/mol. The van der Waals surface area contributed by atoms with E-state index >= 15 is 0 Å². The molecule has 0 saturated heterocycles. The van der Waals surface area contributed by atoms with E-state index in [0.29, 0.717) is 11.4 Å². The molecule has 0 aliphatic rings. The average molecular weight is 378 g/mol. The Morgan fingerprint density at radius 1 is 1.08 bits per heavy atom. The predicted octanol–water partition coefficient (Wildman–Crippen LogP) is 4.55. The Bertz CT molecular complexity index is 880. The molecule has 2 aromatic heterocycles. The molecule has 0 radical (unpaired) electrons. The van der Waals surface area contributed by atoms with Gasteiger partial charge in [0.1, 0.15) is 5.69 Å². The second-order valence-corrected chi connectivity index (χ2v) is 6.16. The van der Waals surface area contributed by atoms with E-state index in [-0.39, 0.29) is 12.2 Å². The van der Waals surface area contributed by atoms with Gasteiger partial charge in [-0.3, -0.25) is 9.97 Å². The monoisotopic (exact) mass is 378 g/mol. The molecule has 0 saturated carbocycles. The molecule has 0 fully saturated rings. The standard InChI is InChI=1S/C17H13F3N4OS/c18-17(19,20)11-3-5-12(6-4-11)24-16(25)23-10-13-15(22-8-7-21-13)14-2-1-9-26-14/h1-9H,10H2,(H2,23,24,25). The highest BCUT2D eigenvalue weighted by Gasteiger charge is 2.29. The number of rotatable bonds is 4. The van der Waals surface area contributed by atoms with Gasteiger partial charge in [-0.15, -0.1) is 11.3 Å². The number of nitrogens with zero attached hydrogens (tertiary/aromatic N) is 2. The summed E-state index contributed by atoms with van der Waals surface area (Å²) in [6.45, 7) is 0.132. The van der Waals surface area contributed by atoms with Gasteiger partial charge in [-0.2, -0.15) is 13.2 Å². The fourth-order valence-electron chi connectivity index (χ4n) is 2.20. The van der Waals surface area contributed by atoms with Crippen LogP contribution in [0.4, 0.5) is 23.7 Å². The Morgan fingerprint density at radius 2 is 1.81 bits per heavy atom. The lowest BCUT2D eigenvalue weighted by molar-refractivity contribution is -0.137. The topological polar surface area (TPSA) is 66.9 Å². The van der Waals surface area contributed by atoms with Gasteiger partial charge in [0.05, 0.1) is 22.7 Å². The maximum absolute atomic E-state index is 12.5. The summed E-state index contributed by atoms with van der Waals surface area (Å²) in [7, 11) is 0. The van der Waals surface area contributed by atoms with Crippen LogP contribution in [-0.4, -0.2) is 16.0 Å². The number of hydrogen-bond acceptors (Lipinski definition) is 4. The number of thiophene rings is 1. The van der Waals surface area contributed by atoms with Crippen molar-refractivity contribution in [1.82, 2.24) is 15.3 Å². The maximum atomic E-state index is 12.5. The maximum Gasteiger partial charge on any atom is 0.416 e. The molecule has 3 rings (SSSR count). The van der Waals surface area contributed by atoms with E-state index in [9.17, 15) is 18.0 Å². The highest BCUT2D eigenvalue weighted by molar-refractivity contribution is 7.13. The highest BCUT2D eigenvalue weighted by Crippen LogP contribution is 2.29. The SMILES string of the molecule is O=C(NCc1nccnc1-c1cccs1)Nc1ccc(C(F)(F)F)cc1. The van der Waals surface area contributed by atoms with Crippen LogP contribution in [0.5, 0.6) is 0 Å². The average Bonchev–Trinajstić information content (AvgIpc) is 3.14. The molecule has 1 aromatic carbocycles. The molecule has 2 heterocycles. The van der Waals surface area contributed by atoms with Crippen molar-refractivity contribution in [3.63, 3.8) is 0 Å². The van der Waals surface area contributed by atoms with Gasteiger partial charge in [0.15, 0.2) is 0 Å². The third kappa shape index (κ3) is 4.37. The third-order valence-corrected chi connectivity index (χ3v) is 4.29. The molecule has 0 bridgehead atoms. The zero-order chi connectivity index (χ0) is 18.6. The van der Waals surface area contributed by atoms with Crippen molar-refractivity contribution >= 4 is 23.1 Å². The fourth-order valence-corrected chi connectivity index (χ4v) is 2.94. The van der Waals surface area contributed by atoms with E-state index in [4.69, 9.17) is 0 Å². The normalized spacial score (nSPS) is 11.2. The van der Waals surface area contributed by atoms with Crippen molar-refractivity contribution in [2.45, 2.75) is 12.7 Å². The minimum absolute atomic E-state index is 0.132. The molecular formula is C17H13F3N4OS. The van der Waals surface area contributed by atoms with Crippen molar-refractivity contribution in [3.8, 4) is 10.6 Å². The molecule has 2 N–H and O–H groups in total. The zero-order valence-corrected chi connectivity index (χ0v) is 14.1. The molecule has 0 atom stereocenters. The Hall–Kier alpha value is -2.94. The van der Waals surface area contributed by atoms with Crippen LogP contribution in [-0.2, 0) is 12.7 Å². The van der Waals surface area contributed by atoms with Crippen molar-refractivity contribution in [1.29, 1.82) is 0 Å². The van der Waals surface area contributed by atoms with Crippen LogP contribution in [0.1, 0.15) is 11.3 Å². The van der Waals surface area contributed by atoms with Gasteiger partial charge < -0.3 is 10.6 Å². The lowest BCUT2D eigenvalue weighted by Gasteiger charge is -2.10. The van der Waals surface area contributed by atoms with Crippen LogP contribution in [0.15, 0.2) is 54.2 Å². The smallest absolute Gasteiger partial charge is 0.332 e. The summed E-state index contributed by atoms with van der Waals surface area (Å²) >= 11 is 1.51. The van der Waals surface area contributed by atoms with Gasteiger partial charge in [0, 0.05) is 18.1 Å². The lowest BCUT2D eigenvalue weighted by Crippen LogP contribution is -2.28. The van der Waals surface area contributed by atoms with Gasteiger partial charge in [-0.1, -0.05) is 6.07 Å². The Balaban J connectivity index is 1.62. The Kier molecular flexibility index (Phi) is 5.17. The second kappa shape index (κ2) is 7.52. The first-order valence-corrected chi connectivity index (χ1v) is 8.37. The van der Waals surface area contributed by atoms with Crippen LogP contribution in [0.3, 0.4) is 0 Å². The summed E-state index contributed by atoms with van der Waals surface area (Å²) in [5, 5.41) is 7.02. The van der Waals surface area contributed by atoms with E-state index in [1.165, 1.54) is 29.7 Å². The molecule has 0 unspecified atom stereocenters. The first-order valence-electron chi connectivity index (χ1n) is 7.49. The van der Waals surface area contributed by atoms with Crippen LogP contribution >= 0.6 is 11.3 Å². The molecule has 5 nitrogen and oxygen atoms in total. The second-order valence-electron chi connectivity index (χ2n) is 5.21. The van der Waals surface area contributed by atoms with Crippen molar-refractivity contribution < 1.29 is 18.0 Å². The number of anilines is 1. The summed E-state index contributed by atoms with van der Waals surface area (Å²) in [4.78, 5) is 21.4. The molecule has 0 aliphatic carbocycles. The van der Waals surface area contributed by atoms with Crippen LogP contribution in [0.2, 0.25) is 0 Å². The molecule has 0 aliphatic heterocycles. The quantitative estimate of drug-likeness (QED) is 0.700. The van der Waals surface area contributed by atoms with E-state index in [0.717, 1.165) is 17.0 Å². The fraction of sp³-hybridized carbons (Fsp3) is 0.118. The summed E-state index contributed by atoms with van der Waals surface area (Å²) in [5.41, 5.74) is 0.756. The number of halogens is 3. The summed E-state index contributed by atoms with van der Waals surface area (Å²) in [6, 6.07) is 7.46. The lowest BCUT2D eigenvalue weighted by atomic mass is 10.2. The van der Waals surface area contributed by atoms with Gasteiger partial charge in [0.25, 0.3) is 0 Å². The van der Waals surface area contributed by atoms with E-state index in [2.05, 4.69) is 20.6 Å². The van der Waals surface area contributed by atoms with Crippen LogP contribution in [0, 0.1) is 0 Å². The molecule has 26 heavy (non-hydrogen) atoms. The Morgan fingerprint density at radius 3 is 2.46 bits per heavy atom. The van der Waals surface area contributed by atoms with Crippen molar-refractivity contribution in [2.75, 3.05) is 5.32 Å². The molecule has 134 valence electrons. The third-order valence-electron chi connectivity index (χ3n) is 3.42. The number of alkyl halides is 3. The summed E-state index contributed by atoms with van der Waals surface area (Å²) in [6.07, 6.45) is -1.31. The van der Waals surface area contributed by atoms with Crippen LogP contribution < -0.4 is 10.6 Å². The minimum Gasteiger partial charge on any atom is -0.332 e. The number of urea groups is 1. The largest absolute Gasteiger partial charge is 0.416 e. The molecule has 9 heteroatoms. The number of carbonyl (C=O) groups is 1. The number of carbonyl (C=O) groups excluding carboxylic acids is 1. The molecule has 0 spiro atoms. The van der Waals surface area contributed by atoms with Gasteiger partial charge in [0.2, 0.25) is 0 Å². The molecule has 2 amide bonds. The number of hydrogen-bond donors (Lipinski definition) is 2.